The monoisotopic (exact) mass is 1320 g/mol. The molecule has 1 aliphatic carbocycles. The number of nitrogens with two attached hydrogens (primary N) is 1. The molecule has 1 aromatic heterocycles. The van der Waals surface area contributed by atoms with Gasteiger partial charge in [0.25, 0.3) is 11.8 Å². The summed E-state index contributed by atoms with van der Waals surface area (Å²) in [6.07, 6.45) is 8.45. The number of benzene rings is 2. The number of carbonyl (C=O) groups excluding carboxylic acids is 11. The summed E-state index contributed by atoms with van der Waals surface area (Å²) in [5.74, 6) is -4.99. The smallest absolute Gasteiger partial charge is 0.411 e. The highest BCUT2D eigenvalue weighted by Crippen LogP contribution is 2.43. The minimum Gasteiger partial charge on any atom is -0.445 e. The van der Waals surface area contributed by atoms with Gasteiger partial charge in [-0.25, -0.2) is 9.59 Å². The zero-order valence-corrected chi connectivity index (χ0v) is 56.0. The fourth-order valence-corrected chi connectivity index (χ4v) is 13.5. The quantitative estimate of drug-likeness (QED) is 0.0293. The first-order valence-corrected chi connectivity index (χ1v) is 33.3. The van der Waals surface area contributed by atoms with Crippen molar-refractivity contribution in [3.63, 3.8) is 0 Å². The van der Waals surface area contributed by atoms with Crippen LogP contribution < -0.4 is 37.6 Å². The van der Waals surface area contributed by atoms with E-state index in [4.69, 9.17) is 19.9 Å². The van der Waals surface area contributed by atoms with Crippen LogP contribution in [0.3, 0.4) is 0 Å². The van der Waals surface area contributed by atoms with E-state index in [-0.39, 0.29) is 98.7 Å². The Morgan fingerprint density at radius 2 is 1.53 bits per heavy atom. The number of rotatable bonds is 36. The van der Waals surface area contributed by atoms with Crippen molar-refractivity contribution in [2.24, 2.45) is 29.4 Å². The number of hydrogen-bond donors (Lipinski definition) is 8. The summed E-state index contributed by atoms with van der Waals surface area (Å²) in [7, 11) is 4.75. The Labute approximate surface area is 555 Å². The number of ether oxygens (including phenoxy) is 3. The van der Waals surface area contributed by atoms with E-state index in [9.17, 15) is 52.7 Å². The lowest BCUT2D eigenvalue weighted by Crippen LogP contribution is -2.60. The zero-order valence-electron chi connectivity index (χ0n) is 56.0. The van der Waals surface area contributed by atoms with Gasteiger partial charge in [0.1, 0.15) is 24.7 Å². The lowest BCUT2D eigenvalue weighted by Gasteiger charge is -2.41. The Balaban J connectivity index is 0.918. The Morgan fingerprint density at radius 3 is 2.18 bits per heavy atom. The molecule has 2 saturated heterocycles. The van der Waals surface area contributed by atoms with Crippen LogP contribution in [0.1, 0.15) is 141 Å². The molecule has 9 N–H and O–H groups in total. The Bertz CT molecular complexity index is 3130. The predicted molar refractivity (Wildman–Crippen MR) is 351 cm³/mol. The first kappa shape index (κ1) is 73.7. The third kappa shape index (κ3) is 20.2. The molecule has 0 unspecified atom stereocenters. The minimum atomic E-state index is -1.08. The Kier molecular flexibility index (Phi) is 27.7. The van der Waals surface area contributed by atoms with E-state index in [0.717, 1.165) is 10.5 Å². The van der Waals surface area contributed by atoms with Crippen molar-refractivity contribution >= 4 is 71.0 Å². The maximum absolute atomic E-state index is 14.9. The van der Waals surface area contributed by atoms with Gasteiger partial charge in [0.2, 0.25) is 41.4 Å². The molecule has 2 bridgehead atoms. The van der Waals surface area contributed by atoms with Crippen molar-refractivity contribution in [2.75, 3.05) is 52.8 Å². The third-order valence-corrected chi connectivity index (χ3v) is 18.9. The molecular weight excluding hydrogens is 1220 g/mol. The number of aromatic amines is 1. The van der Waals surface area contributed by atoms with Crippen LogP contribution in [0, 0.1) is 23.7 Å². The van der Waals surface area contributed by atoms with Gasteiger partial charge in [-0.1, -0.05) is 89.9 Å². The van der Waals surface area contributed by atoms with Gasteiger partial charge >= 0.3 is 12.1 Å². The van der Waals surface area contributed by atoms with Crippen LogP contribution in [-0.4, -0.2) is 191 Å². The van der Waals surface area contributed by atoms with Crippen molar-refractivity contribution in [2.45, 2.75) is 186 Å². The Morgan fingerprint density at radius 1 is 0.800 bits per heavy atom. The molecule has 3 fully saturated rings. The second-order valence-electron chi connectivity index (χ2n) is 25.7. The van der Waals surface area contributed by atoms with Gasteiger partial charge in [-0.15, -0.1) is 0 Å². The number of primary amides is 1. The number of likely N-dealkylation sites (tertiary alicyclic amines) is 2. The number of unbranched alkanes of at least 4 members (excludes halogenated alkanes) is 2. The second-order valence-corrected chi connectivity index (χ2v) is 25.7. The summed E-state index contributed by atoms with van der Waals surface area (Å²) in [5, 5.41) is 23.9. The number of nitrogens with one attached hydrogen (secondary N) is 7. The summed E-state index contributed by atoms with van der Waals surface area (Å²) in [6.45, 7) is 9.73. The van der Waals surface area contributed by atoms with E-state index in [1.54, 1.807) is 54.4 Å². The van der Waals surface area contributed by atoms with Gasteiger partial charge in [-0.3, -0.25) is 58.0 Å². The lowest BCUT2D eigenvalue weighted by atomic mass is 9.89. The molecule has 27 nitrogen and oxygen atoms in total. The maximum atomic E-state index is 14.9. The molecule has 0 spiro atoms. The number of H-pyrrole nitrogens is 1. The third-order valence-electron chi connectivity index (χ3n) is 18.9. The highest BCUT2D eigenvalue weighted by atomic mass is 16.6. The standard InChI is InChI=1S/C68H97N13O14/c1-9-42(4)60(53(93-7)38-58(86)79-35-17-21-52(79)62(94-8)43(5)63(87)75-51(49-31-33-72-77-49)36-44-18-12-10-13-19-44)78(6)66(90)59(41(2)3)76-65(89)61-46-25-28-48(37-46)81(61)68(92)95-40-45-23-26-47(27-24-45)73-64(88)50(20-16-32-70-67(69)91)74-55(83)39-71-54(82)22-14-11-15-34-80-56(84)29-30-57(80)85/h10,12-13,18-19,23-24,26-27,29-31,33,41-43,46,48,50-53,59-62H,9,11,14-17,20-22,25,28,32,34-40H2,1-8H3,(H,71,82)(H,72,77)(H,73,88)(H,74,83)(H,75,87)(H,76,89)(H3,69,70,91)/t42-,43+,46-,48+,50-,51-,52-,53+,59-,60-,61-,62+/m0/s1. The van der Waals surface area contributed by atoms with Gasteiger partial charge < -0.3 is 61.6 Å². The topological polar surface area (TPSA) is 355 Å². The molecule has 3 aromatic rings. The molecule has 4 aliphatic rings. The van der Waals surface area contributed by atoms with Gasteiger partial charge in [0.05, 0.1) is 54.9 Å². The van der Waals surface area contributed by atoms with E-state index in [2.05, 4.69) is 42.1 Å². The normalized spacial score (nSPS) is 19.9. The number of methoxy groups -OCH3 is 2. The van der Waals surface area contributed by atoms with E-state index in [0.29, 0.717) is 87.7 Å². The molecule has 2 aromatic carbocycles. The van der Waals surface area contributed by atoms with Crippen LogP contribution in [0.5, 0.6) is 0 Å². The first-order valence-electron chi connectivity index (χ1n) is 33.3. The molecule has 1 saturated carbocycles. The predicted octanol–water partition coefficient (Wildman–Crippen LogP) is 4.53. The summed E-state index contributed by atoms with van der Waals surface area (Å²) < 4.78 is 18.1. The van der Waals surface area contributed by atoms with Crippen molar-refractivity contribution in [1.82, 2.24) is 56.4 Å². The zero-order chi connectivity index (χ0) is 68.9. The van der Waals surface area contributed by atoms with Crippen molar-refractivity contribution in [3.05, 3.63) is 95.8 Å². The summed E-state index contributed by atoms with van der Waals surface area (Å²) in [4.78, 5) is 152. The van der Waals surface area contributed by atoms with Crippen LogP contribution in [-0.2, 0) is 70.4 Å². The summed E-state index contributed by atoms with van der Waals surface area (Å²) in [5.41, 5.74) is 7.85. The number of aromatic nitrogens is 2. The van der Waals surface area contributed by atoms with Gasteiger partial charge in [-0.05, 0) is 111 Å². The van der Waals surface area contributed by atoms with Gasteiger partial charge in [0.15, 0.2) is 0 Å². The largest absolute Gasteiger partial charge is 0.445 e. The van der Waals surface area contributed by atoms with Crippen LogP contribution in [0.2, 0.25) is 0 Å². The summed E-state index contributed by atoms with van der Waals surface area (Å²) in [6, 6.07) is 12.7. The molecule has 27 heteroatoms. The average molecular weight is 1320 g/mol. The van der Waals surface area contributed by atoms with Crippen LogP contribution in [0.4, 0.5) is 15.3 Å². The van der Waals surface area contributed by atoms with Crippen molar-refractivity contribution in [3.8, 4) is 0 Å². The van der Waals surface area contributed by atoms with Crippen LogP contribution in [0.15, 0.2) is 79.0 Å². The van der Waals surface area contributed by atoms with Crippen LogP contribution >= 0.6 is 0 Å². The molecule has 12 amide bonds. The number of anilines is 1. The molecule has 4 heterocycles. The molecule has 3 aliphatic heterocycles. The number of fused-ring (bicyclic) bond motifs is 2. The van der Waals surface area contributed by atoms with E-state index < -0.39 is 96.7 Å². The lowest BCUT2D eigenvalue weighted by molar-refractivity contribution is -0.148. The molecule has 7 rings (SSSR count). The highest BCUT2D eigenvalue weighted by Gasteiger charge is 2.53. The first-order chi connectivity index (χ1) is 45.5. The molecule has 518 valence electrons. The molecule has 12 atom stereocenters. The minimum absolute atomic E-state index is 0.0657. The fourth-order valence-electron chi connectivity index (χ4n) is 13.5. The van der Waals surface area contributed by atoms with Gasteiger partial charge in [0, 0.05) is 77.4 Å². The number of imide groups is 1. The molecule has 0 radical (unpaired) electrons. The SMILES string of the molecule is CC[C@H](C)[C@@H]([C@@H](CC(=O)N1CCC[C@H]1[C@H](OC)[C@@H](C)C(=O)N[C@@H](Cc1ccccc1)c1cc[nH]n1)OC)N(C)C(=O)[C@@H](NC(=O)[C@@H]1[C@H]2CC[C@H](C2)N1C(=O)OCc1ccc(NC(=O)[C@H](CCCNC(N)=O)NC(=O)CNC(=O)CCCCCN2C(=O)C=CC2=O)cc1)C(C)C. The van der Waals surface area contributed by atoms with E-state index >= 15 is 0 Å². The van der Waals surface area contributed by atoms with E-state index in [1.165, 1.54) is 24.2 Å². The average Bonchev–Trinajstić information content (AvgIpc) is 1.63. The number of urea groups is 1. The number of amides is 12. The van der Waals surface area contributed by atoms with Crippen molar-refractivity contribution in [1.29, 1.82) is 0 Å². The van der Waals surface area contributed by atoms with E-state index in [1.807, 2.05) is 71.0 Å². The van der Waals surface area contributed by atoms with Gasteiger partial charge in [-0.2, -0.15) is 5.10 Å². The number of likely N-dealkylation sites (N-methyl/N-ethyl adjacent to an activating group) is 1. The molecular formula is C68H97N13O14. The highest BCUT2D eigenvalue weighted by molar-refractivity contribution is 6.12. The molecule has 95 heavy (non-hydrogen) atoms. The number of nitrogens with zero attached hydrogens (tertiary/aromatic N) is 5. The summed E-state index contributed by atoms with van der Waals surface area (Å²) >= 11 is 0. The maximum Gasteiger partial charge on any atom is 0.411 e. The Hall–Kier alpha value is -8.72. The number of piperidine rings is 1. The van der Waals surface area contributed by atoms with Crippen LogP contribution in [0.25, 0.3) is 0 Å². The van der Waals surface area contributed by atoms with Crippen molar-refractivity contribution < 1.29 is 67.0 Å². The number of carbonyl (C=O) groups is 11. The second kappa shape index (κ2) is 35.7. The number of hydrogen-bond acceptors (Lipinski definition) is 15. The fraction of sp³-hybridized carbons (Fsp3) is 0.588.